The van der Waals surface area contributed by atoms with Crippen molar-refractivity contribution >= 4 is 27.0 Å². The summed E-state index contributed by atoms with van der Waals surface area (Å²) in [5, 5.41) is 1.66. The third-order valence-electron chi connectivity index (χ3n) is 2.33. The van der Waals surface area contributed by atoms with Gasteiger partial charge in [-0.3, -0.25) is 0 Å². The first-order chi connectivity index (χ1) is 8.23. The first kappa shape index (κ1) is 15.5. The van der Waals surface area contributed by atoms with E-state index in [0.717, 1.165) is 0 Å². The highest BCUT2D eigenvalue weighted by Gasteiger charge is 2.27. The van der Waals surface area contributed by atoms with Crippen LogP contribution < -0.4 is 5.73 Å². The topological polar surface area (TPSA) is 63.4 Å². The third kappa shape index (κ3) is 3.96. The van der Waals surface area contributed by atoms with Gasteiger partial charge in [0.1, 0.15) is 4.21 Å². The van der Waals surface area contributed by atoms with E-state index in [1.165, 1.54) is 17.4 Å². The summed E-state index contributed by atoms with van der Waals surface area (Å²) in [7, 11) is -3.40. The van der Waals surface area contributed by atoms with Gasteiger partial charge in [0.15, 0.2) is 0 Å². The molecule has 0 bridgehead atoms. The lowest BCUT2D eigenvalue weighted by atomic mass is 10.2. The second kappa shape index (κ2) is 6.04. The number of nitrogens with zero attached hydrogens (tertiary/aromatic N) is 1. The van der Waals surface area contributed by atoms with Gasteiger partial charge in [0, 0.05) is 24.2 Å². The molecule has 1 rings (SSSR count). The van der Waals surface area contributed by atoms with E-state index >= 15 is 0 Å². The summed E-state index contributed by atoms with van der Waals surface area (Å²) < 4.78 is 26.9. The van der Waals surface area contributed by atoms with Gasteiger partial charge in [0.25, 0.3) is 10.0 Å². The third-order valence-corrected chi connectivity index (χ3v) is 5.59. The van der Waals surface area contributed by atoms with Gasteiger partial charge in [0.2, 0.25) is 0 Å². The SMILES string of the molecule is CC(C)CN(CC(C)C)S(=O)(=O)c1cc(N)cs1. The molecule has 0 aromatic carbocycles. The summed E-state index contributed by atoms with van der Waals surface area (Å²) in [4.78, 5) is 0. The first-order valence-electron chi connectivity index (χ1n) is 6.07. The largest absolute Gasteiger partial charge is 0.398 e. The highest BCUT2D eigenvalue weighted by atomic mass is 32.2. The molecule has 0 spiro atoms. The number of anilines is 1. The van der Waals surface area contributed by atoms with Crippen LogP contribution in [0.3, 0.4) is 0 Å². The molecule has 0 saturated carbocycles. The molecule has 0 aliphatic rings. The molecule has 18 heavy (non-hydrogen) atoms. The van der Waals surface area contributed by atoms with Crippen molar-refractivity contribution in [3.63, 3.8) is 0 Å². The van der Waals surface area contributed by atoms with Crippen molar-refractivity contribution < 1.29 is 8.42 Å². The van der Waals surface area contributed by atoms with Crippen LogP contribution in [-0.2, 0) is 10.0 Å². The summed E-state index contributed by atoms with van der Waals surface area (Å²) >= 11 is 1.18. The number of hydrogen-bond acceptors (Lipinski definition) is 4. The Hall–Kier alpha value is -0.590. The number of nitrogen functional groups attached to an aromatic ring is 1. The zero-order valence-corrected chi connectivity index (χ0v) is 13.0. The number of rotatable bonds is 6. The van der Waals surface area contributed by atoms with Gasteiger partial charge in [-0.05, 0) is 17.9 Å². The van der Waals surface area contributed by atoms with Crippen LogP contribution in [0, 0.1) is 11.8 Å². The molecule has 0 radical (unpaired) electrons. The molecule has 0 atom stereocenters. The molecule has 1 heterocycles. The first-order valence-corrected chi connectivity index (χ1v) is 8.39. The van der Waals surface area contributed by atoms with E-state index in [9.17, 15) is 8.42 Å². The monoisotopic (exact) mass is 290 g/mol. The fraction of sp³-hybridized carbons (Fsp3) is 0.667. The molecule has 104 valence electrons. The van der Waals surface area contributed by atoms with Crippen molar-refractivity contribution in [2.75, 3.05) is 18.8 Å². The molecule has 1 aromatic heterocycles. The van der Waals surface area contributed by atoms with Crippen molar-refractivity contribution in [2.24, 2.45) is 11.8 Å². The van der Waals surface area contributed by atoms with Gasteiger partial charge in [0.05, 0.1) is 0 Å². The average Bonchev–Trinajstić information content (AvgIpc) is 2.63. The van der Waals surface area contributed by atoms with E-state index in [1.54, 1.807) is 9.69 Å². The molecule has 0 unspecified atom stereocenters. The van der Waals surface area contributed by atoms with E-state index in [4.69, 9.17) is 5.73 Å². The van der Waals surface area contributed by atoms with Crippen LogP contribution >= 0.6 is 11.3 Å². The second-order valence-corrected chi connectivity index (χ2v) is 8.38. The number of sulfonamides is 1. The minimum atomic E-state index is -3.40. The van der Waals surface area contributed by atoms with Crippen LogP contribution in [0.25, 0.3) is 0 Å². The maximum Gasteiger partial charge on any atom is 0.252 e. The fourth-order valence-corrected chi connectivity index (χ4v) is 4.68. The number of nitrogens with two attached hydrogens (primary N) is 1. The summed E-state index contributed by atoms with van der Waals surface area (Å²) in [5.41, 5.74) is 6.11. The van der Waals surface area contributed by atoms with Crippen LogP contribution in [0.1, 0.15) is 27.7 Å². The Labute approximate surface area is 114 Å². The van der Waals surface area contributed by atoms with E-state index < -0.39 is 10.0 Å². The van der Waals surface area contributed by atoms with Crippen LogP contribution in [0.15, 0.2) is 15.7 Å². The Bertz CT molecular complexity index is 468. The predicted molar refractivity (Wildman–Crippen MR) is 77.2 cm³/mol. The van der Waals surface area contributed by atoms with Crippen LogP contribution in [0.2, 0.25) is 0 Å². The van der Waals surface area contributed by atoms with Gasteiger partial charge in [-0.1, -0.05) is 27.7 Å². The normalized spacial score (nSPS) is 12.8. The van der Waals surface area contributed by atoms with E-state index in [-0.39, 0.29) is 0 Å². The fourth-order valence-electron chi connectivity index (χ4n) is 1.68. The lowest BCUT2D eigenvalue weighted by Gasteiger charge is -2.24. The lowest BCUT2D eigenvalue weighted by Crippen LogP contribution is -2.36. The number of thiophene rings is 1. The molecule has 2 N–H and O–H groups in total. The molecule has 0 aliphatic carbocycles. The quantitative estimate of drug-likeness (QED) is 0.876. The van der Waals surface area contributed by atoms with E-state index in [1.807, 2.05) is 27.7 Å². The Morgan fingerprint density at radius 3 is 2.06 bits per heavy atom. The molecule has 0 saturated heterocycles. The van der Waals surface area contributed by atoms with Crippen molar-refractivity contribution in [1.82, 2.24) is 4.31 Å². The zero-order chi connectivity index (χ0) is 13.9. The van der Waals surface area contributed by atoms with Crippen LogP contribution in [0.5, 0.6) is 0 Å². The Morgan fingerprint density at radius 2 is 1.72 bits per heavy atom. The van der Waals surface area contributed by atoms with E-state index in [2.05, 4.69) is 0 Å². The summed E-state index contributed by atoms with van der Waals surface area (Å²) in [6.07, 6.45) is 0. The van der Waals surface area contributed by atoms with Crippen molar-refractivity contribution in [1.29, 1.82) is 0 Å². The predicted octanol–water partition coefficient (Wildman–Crippen LogP) is 2.63. The Balaban J connectivity index is 3.03. The zero-order valence-electron chi connectivity index (χ0n) is 11.4. The molecule has 4 nitrogen and oxygen atoms in total. The molecule has 0 fully saturated rings. The average molecular weight is 290 g/mol. The molecular weight excluding hydrogens is 268 g/mol. The minimum Gasteiger partial charge on any atom is -0.398 e. The smallest absolute Gasteiger partial charge is 0.252 e. The Kier molecular flexibility index (Phi) is 5.19. The van der Waals surface area contributed by atoms with Gasteiger partial charge >= 0.3 is 0 Å². The van der Waals surface area contributed by atoms with Gasteiger partial charge < -0.3 is 5.73 Å². The van der Waals surface area contributed by atoms with E-state index in [0.29, 0.717) is 34.8 Å². The Morgan fingerprint density at radius 1 is 1.22 bits per heavy atom. The van der Waals surface area contributed by atoms with Crippen LogP contribution in [0.4, 0.5) is 5.69 Å². The summed E-state index contributed by atoms with van der Waals surface area (Å²) in [6, 6.07) is 1.54. The summed E-state index contributed by atoms with van der Waals surface area (Å²) in [5.74, 6) is 0.603. The second-order valence-electron chi connectivity index (χ2n) is 5.31. The highest BCUT2D eigenvalue weighted by molar-refractivity contribution is 7.91. The standard InChI is InChI=1S/C12H22N2O2S2/c1-9(2)6-14(7-10(3)4)18(15,16)12-5-11(13)8-17-12/h5,8-10H,6-7,13H2,1-4H3. The minimum absolute atomic E-state index is 0.302. The van der Waals surface area contributed by atoms with Crippen molar-refractivity contribution in [3.8, 4) is 0 Å². The van der Waals surface area contributed by atoms with Crippen molar-refractivity contribution in [2.45, 2.75) is 31.9 Å². The lowest BCUT2D eigenvalue weighted by molar-refractivity contribution is 0.334. The summed E-state index contributed by atoms with van der Waals surface area (Å²) in [6.45, 7) is 9.16. The molecular formula is C12H22N2O2S2. The number of hydrogen-bond donors (Lipinski definition) is 1. The van der Waals surface area contributed by atoms with Gasteiger partial charge in [-0.15, -0.1) is 11.3 Å². The molecule has 1 aromatic rings. The molecule has 0 aliphatic heterocycles. The van der Waals surface area contributed by atoms with Gasteiger partial charge in [-0.25, -0.2) is 8.42 Å². The highest BCUT2D eigenvalue weighted by Crippen LogP contribution is 2.26. The molecule has 6 heteroatoms. The molecule has 0 amide bonds. The maximum atomic E-state index is 12.5. The van der Waals surface area contributed by atoms with Crippen molar-refractivity contribution in [3.05, 3.63) is 11.4 Å². The van der Waals surface area contributed by atoms with Gasteiger partial charge in [-0.2, -0.15) is 4.31 Å². The maximum absolute atomic E-state index is 12.5. The van der Waals surface area contributed by atoms with Crippen LogP contribution in [-0.4, -0.2) is 25.8 Å².